The van der Waals surface area contributed by atoms with Gasteiger partial charge in [-0.15, -0.1) is 0 Å². The molecule has 19 heavy (non-hydrogen) atoms. The molecule has 0 atom stereocenters. The van der Waals surface area contributed by atoms with E-state index >= 15 is 0 Å². The summed E-state index contributed by atoms with van der Waals surface area (Å²) >= 11 is 0. The zero-order valence-electron chi connectivity index (χ0n) is 11.8. The van der Waals surface area contributed by atoms with Crippen molar-refractivity contribution < 1.29 is 4.79 Å². The Labute approximate surface area is 115 Å². The second-order valence-corrected chi connectivity index (χ2v) is 5.02. The molecule has 1 amide bonds. The van der Waals surface area contributed by atoms with Gasteiger partial charge in [0.1, 0.15) is 0 Å². The van der Waals surface area contributed by atoms with Crippen molar-refractivity contribution in [1.29, 1.82) is 0 Å². The quantitative estimate of drug-likeness (QED) is 0.801. The topological polar surface area (TPSA) is 44.4 Å². The summed E-state index contributed by atoms with van der Waals surface area (Å²) in [6.45, 7) is 4.75. The average molecular weight is 261 g/mol. The zero-order valence-corrected chi connectivity index (χ0v) is 11.8. The van der Waals surface area contributed by atoms with E-state index in [1.165, 1.54) is 12.8 Å². The van der Waals surface area contributed by atoms with Crippen molar-refractivity contribution in [3.8, 4) is 0 Å². The smallest absolute Gasteiger partial charge is 0.255 e. The summed E-state index contributed by atoms with van der Waals surface area (Å²) in [6.07, 6.45) is 3.41. The Kier molecular flexibility index (Phi) is 4.66. The van der Waals surface area contributed by atoms with E-state index in [1.807, 2.05) is 30.1 Å². The first-order chi connectivity index (χ1) is 9.24. The van der Waals surface area contributed by atoms with Gasteiger partial charge in [-0.3, -0.25) is 4.79 Å². The van der Waals surface area contributed by atoms with Gasteiger partial charge in [-0.2, -0.15) is 0 Å². The van der Waals surface area contributed by atoms with Crippen molar-refractivity contribution in [3.63, 3.8) is 0 Å². The Morgan fingerprint density at radius 3 is 2.84 bits per heavy atom. The van der Waals surface area contributed by atoms with Crippen molar-refractivity contribution in [1.82, 2.24) is 4.90 Å². The fourth-order valence-corrected chi connectivity index (χ4v) is 2.36. The molecule has 0 fully saturated rings. The lowest BCUT2D eigenvalue weighted by Crippen LogP contribution is -2.30. The van der Waals surface area contributed by atoms with Crippen LogP contribution in [-0.4, -0.2) is 37.5 Å². The van der Waals surface area contributed by atoms with Crippen LogP contribution in [0.2, 0.25) is 0 Å². The largest absolute Gasteiger partial charge is 0.382 e. The number of benzene rings is 1. The van der Waals surface area contributed by atoms with Crippen LogP contribution in [0.1, 0.15) is 36.5 Å². The number of carbonyl (C=O) groups is 1. The van der Waals surface area contributed by atoms with Gasteiger partial charge in [0.15, 0.2) is 0 Å². The number of anilines is 2. The highest BCUT2D eigenvalue weighted by Gasteiger charge is 2.19. The maximum atomic E-state index is 12.5. The molecule has 0 saturated heterocycles. The molecule has 0 aliphatic carbocycles. The summed E-state index contributed by atoms with van der Waals surface area (Å²) in [4.78, 5) is 14.3. The summed E-state index contributed by atoms with van der Waals surface area (Å²) in [5, 5.41) is 6.64. The first kappa shape index (κ1) is 13.7. The Morgan fingerprint density at radius 1 is 1.26 bits per heavy atom. The summed E-state index contributed by atoms with van der Waals surface area (Å²) in [6, 6.07) is 5.85. The van der Waals surface area contributed by atoms with E-state index in [-0.39, 0.29) is 5.91 Å². The maximum absolute atomic E-state index is 12.5. The molecule has 0 aromatic heterocycles. The van der Waals surface area contributed by atoms with Gasteiger partial charge < -0.3 is 15.5 Å². The molecule has 1 aliphatic heterocycles. The number of fused-ring (bicyclic) bond motifs is 1. The van der Waals surface area contributed by atoms with Gasteiger partial charge in [0.05, 0.1) is 16.9 Å². The van der Waals surface area contributed by atoms with Gasteiger partial charge in [-0.05, 0) is 18.6 Å². The molecular weight excluding hydrogens is 238 g/mol. The number of amides is 1. The molecule has 0 spiro atoms. The summed E-state index contributed by atoms with van der Waals surface area (Å²) in [5.74, 6) is 0.101. The van der Waals surface area contributed by atoms with Crippen LogP contribution in [0.15, 0.2) is 18.2 Å². The zero-order chi connectivity index (χ0) is 13.7. The van der Waals surface area contributed by atoms with Gasteiger partial charge in [0.2, 0.25) is 0 Å². The molecule has 0 saturated carbocycles. The predicted octanol–water partition coefficient (Wildman–Crippen LogP) is 2.79. The minimum Gasteiger partial charge on any atom is -0.382 e. The molecule has 0 bridgehead atoms. The normalized spacial score (nSPS) is 13.2. The number of hydrogen-bond acceptors (Lipinski definition) is 3. The molecule has 2 rings (SSSR count). The van der Waals surface area contributed by atoms with Crippen LogP contribution in [-0.2, 0) is 0 Å². The molecule has 4 nitrogen and oxygen atoms in total. The number of nitrogens with zero attached hydrogens (tertiary/aromatic N) is 1. The van der Waals surface area contributed by atoms with Crippen LogP contribution in [0.3, 0.4) is 0 Å². The van der Waals surface area contributed by atoms with Gasteiger partial charge in [-0.25, -0.2) is 0 Å². The number of rotatable bonds is 5. The van der Waals surface area contributed by atoms with Crippen molar-refractivity contribution >= 4 is 17.3 Å². The molecule has 2 N–H and O–H groups in total. The SMILES string of the molecule is CCCCCN(C)C(=O)c1cccc2c1NCCN2. The second kappa shape index (κ2) is 6.45. The van der Waals surface area contributed by atoms with Crippen LogP contribution >= 0.6 is 0 Å². The third kappa shape index (κ3) is 3.19. The lowest BCUT2D eigenvalue weighted by molar-refractivity contribution is 0.0793. The number of hydrogen-bond donors (Lipinski definition) is 2. The molecule has 0 radical (unpaired) electrons. The number of nitrogens with one attached hydrogen (secondary N) is 2. The van der Waals surface area contributed by atoms with Crippen LogP contribution in [0.25, 0.3) is 0 Å². The average Bonchev–Trinajstić information content (AvgIpc) is 2.46. The molecule has 1 aromatic carbocycles. The first-order valence-corrected chi connectivity index (χ1v) is 7.10. The number of carbonyl (C=O) groups excluding carboxylic acids is 1. The van der Waals surface area contributed by atoms with E-state index in [9.17, 15) is 4.79 Å². The Morgan fingerprint density at radius 2 is 2.05 bits per heavy atom. The lowest BCUT2D eigenvalue weighted by Gasteiger charge is -2.24. The Bertz CT molecular complexity index is 445. The van der Waals surface area contributed by atoms with E-state index < -0.39 is 0 Å². The molecule has 1 aromatic rings. The molecule has 4 heteroatoms. The minimum atomic E-state index is 0.101. The van der Waals surface area contributed by atoms with E-state index in [2.05, 4.69) is 17.6 Å². The standard InChI is InChI=1S/C15H23N3O/c1-3-4-5-11-18(2)15(19)12-7-6-8-13-14(12)17-10-9-16-13/h6-8,16-17H,3-5,9-11H2,1-2H3. The van der Waals surface area contributed by atoms with Crippen LogP contribution in [0, 0.1) is 0 Å². The van der Waals surface area contributed by atoms with Crippen molar-refractivity contribution in [3.05, 3.63) is 23.8 Å². The highest BCUT2D eigenvalue weighted by molar-refractivity contribution is 6.02. The van der Waals surface area contributed by atoms with Crippen LogP contribution < -0.4 is 10.6 Å². The predicted molar refractivity (Wildman–Crippen MR) is 79.9 cm³/mol. The van der Waals surface area contributed by atoms with Crippen LogP contribution in [0.5, 0.6) is 0 Å². The highest BCUT2D eigenvalue weighted by Crippen LogP contribution is 2.29. The van der Waals surface area contributed by atoms with Crippen LogP contribution in [0.4, 0.5) is 11.4 Å². The Balaban J connectivity index is 2.10. The van der Waals surface area contributed by atoms with Crippen molar-refractivity contribution in [2.45, 2.75) is 26.2 Å². The molecular formula is C15H23N3O. The fraction of sp³-hybridized carbons (Fsp3) is 0.533. The van der Waals surface area contributed by atoms with E-state index in [0.29, 0.717) is 0 Å². The van der Waals surface area contributed by atoms with Gasteiger partial charge >= 0.3 is 0 Å². The van der Waals surface area contributed by atoms with E-state index in [4.69, 9.17) is 0 Å². The third-order valence-corrected chi connectivity index (χ3v) is 3.48. The monoisotopic (exact) mass is 261 g/mol. The van der Waals surface area contributed by atoms with Crippen molar-refractivity contribution in [2.75, 3.05) is 37.3 Å². The van der Waals surface area contributed by atoms with Gasteiger partial charge in [-0.1, -0.05) is 25.8 Å². The highest BCUT2D eigenvalue weighted by atomic mass is 16.2. The number of unbranched alkanes of at least 4 members (excludes halogenated alkanes) is 2. The van der Waals surface area contributed by atoms with E-state index in [0.717, 1.165) is 43.0 Å². The fourth-order valence-electron chi connectivity index (χ4n) is 2.36. The van der Waals surface area contributed by atoms with Gasteiger partial charge in [0.25, 0.3) is 5.91 Å². The van der Waals surface area contributed by atoms with E-state index in [1.54, 1.807) is 0 Å². The van der Waals surface area contributed by atoms with Gasteiger partial charge in [0, 0.05) is 26.7 Å². The molecule has 104 valence electrons. The summed E-state index contributed by atoms with van der Waals surface area (Å²) < 4.78 is 0. The second-order valence-electron chi connectivity index (χ2n) is 5.02. The Hall–Kier alpha value is -1.71. The minimum absolute atomic E-state index is 0.101. The molecule has 0 unspecified atom stereocenters. The molecule has 1 heterocycles. The third-order valence-electron chi connectivity index (χ3n) is 3.48. The van der Waals surface area contributed by atoms with Crippen molar-refractivity contribution in [2.24, 2.45) is 0 Å². The molecule has 1 aliphatic rings. The number of para-hydroxylation sites is 1. The summed E-state index contributed by atoms with van der Waals surface area (Å²) in [5.41, 5.74) is 2.74. The maximum Gasteiger partial charge on any atom is 0.255 e. The lowest BCUT2D eigenvalue weighted by atomic mass is 10.1. The summed E-state index contributed by atoms with van der Waals surface area (Å²) in [7, 11) is 1.88. The first-order valence-electron chi connectivity index (χ1n) is 7.10.